The van der Waals surface area contributed by atoms with Crippen LogP contribution in [-0.4, -0.2) is 37.2 Å². The molecule has 0 aliphatic rings. The number of hydrogen-bond acceptors (Lipinski definition) is 6. The highest BCUT2D eigenvalue weighted by Gasteiger charge is 2.19. The number of ether oxygens (including phenoxy) is 3. The molecular formula is C77H114O6. The lowest BCUT2D eigenvalue weighted by Gasteiger charge is -2.18. The zero-order valence-corrected chi connectivity index (χ0v) is 52.4. The lowest BCUT2D eigenvalue weighted by molar-refractivity contribution is -0.167. The van der Waals surface area contributed by atoms with Gasteiger partial charge in [-0.1, -0.05) is 252 Å². The molecule has 0 aliphatic heterocycles. The smallest absolute Gasteiger partial charge is 0.306 e. The quantitative estimate of drug-likeness (QED) is 0.0261. The second-order valence-electron chi connectivity index (χ2n) is 20.2. The van der Waals surface area contributed by atoms with Gasteiger partial charge in [-0.05, 0) is 173 Å². The van der Waals surface area contributed by atoms with Crippen LogP contribution in [0.4, 0.5) is 0 Å². The molecule has 0 aromatic carbocycles. The van der Waals surface area contributed by atoms with E-state index in [2.05, 4.69) is 240 Å². The van der Waals surface area contributed by atoms with Gasteiger partial charge >= 0.3 is 17.9 Å². The van der Waals surface area contributed by atoms with E-state index in [1.54, 1.807) is 0 Å². The standard InChI is InChI=1S/C77H114O6/c1-4-7-10-13-16-19-22-25-27-29-31-33-35-37-38-40-41-43-45-47-49-52-55-58-61-64-67-70-76(79)82-73-74(72-81-75(78)69-66-63-60-57-54-51-24-21-18-15-12-9-6-3)83-77(80)71-68-65-62-59-56-53-50-48-46-44-42-39-36-34-32-30-28-26-23-20-17-14-11-8-5-2/h7-12,16-21,25-28,31-34,37-39,41-43,46-49,51,53-56,58,74H,4-6,13-15,22-24,29-30,35-36,40,44-45,50,52,57,59-73H2,1-3H3/b10-7-,11-8-,12-9-,19-16-,20-17-,21-18-,27-25-,28-26-,33-31-,34-32-,38-37-,42-39-,43-41-,48-46-,49-47-,54-51-,56-53-,58-55-. The molecule has 0 fully saturated rings. The lowest BCUT2D eigenvalue weighted by atomic mass is 10.1. The number of esters is 3. The van der Waals surface area contributed by atoms with Crippen LogP contribution in [-0.2, 0) is 28.6 Å². The minimum atomic E-state index is -0.843. The highest BCUT2D eigenvalue weighted by Crippen LogP contribution is 2.11. The molecule has 0 N–H and O–H groups in total. The molecule has 6 heteroatoms. The minimum Gasteiger partial charge on any atom is -0.462 e. The predicted molar refractivity (Wildman–Crippen MR) is 361 cm³/mol. The summed E-state index contributed by atoms with van der Waals surface area (Å²) in [7, 11) is 0. The third-order valence-electron chi connectivity index (χ3n) is 12.5. The lowest BCUT2D eigenvalue weighted by Crippen LogP contribution is -2.30. The number of allylic oxidation sites excluding steroid dienone is 36. The normalized spacial score (nSPS) is 13.6. The summed E-state index contributed by atoms with van der Waals surface area (Å²) in [4.78, 5) is 38.3. The Hall–Kier alpha value is -6.27. The van der Waals surface area contributed by atoms with Crippen LogP contribution >= 0.6 is 0 Å². The van der Waals surface area contributed by atoms with Crippen LogP contribution in [0.1, 0.15) is 226 Å². The largest absolute Gasteiger partial charge is 0.462 e. The predicted octanol–water partition coefficient (Wildman–Crippen LogP) is 22.5. The van der Waals surface area contributed by atoms with Crippen molar-refractivity contribution in [3.63, 3.8) is 0 Å². The third kappa shape index (κ3) is 66.4. The van der Waals surface area contributed by atoms with Crippen molar-refractivity contribution in [2.24, 2.45) is 0 Å². The number of carbonyl (C=O) groups excluding carboxylic acids is 3. The van der Waals surface area contributed by atoms with E-state index >= 15 is 0 Å². The van der Waals surface area contributed by atoms with Gasteiger partial charge in [0.2, 0.25) is 0 Å². The van der Waals surface area contributed by atoms with Crippen molar-refractivity contribution in [2.75, 3.05) is 13.2 Å². The van der Waals surface area contributed by atoms with Gasteiger partial charge in [0.05, 0.1) is 0 Å². The summed E-state index contributed by atoms with van der Waals surface area (Å²) >= 11 is 0. The molecule has 1 atom stereocenters. The van der Waals surface area contributed by atoms with E-state index in [-0.39, 0.29) is 44.0 Å². The molecular weight excluding hydrogens is 1020 g/mol. The summed E-state index contributed by atoms with van der Waals surface area (Å²) in [5.41, 5.74) is 0. The molecule has 0 aromatic rings. The van der Waals surface area contributed by atoms with E-state index in [1.165, 1.54) is 0 Å². The van der Waals surface area contributed by atoms with Crippen molar-refractivity contribution in [3.05, 3.63) is 219 Å². The Bertz CT molecular complexity index is 2080. The summed E-state index contributed by atoms with van der Waals surface area (Å²) in [6.45, 7) is 6.18. The van der Waals surface area contributed by atoms with Gasteiger partial charge in [-0.2, -0.15) is 0 Å². The molecule has 0 aliphatic carbocycles. The van der Waals surface area contributed by atoms with Crippen LogP contribution in [0.3, 0.4) is 0 Å². The Morgan fingerprint density at radius 3 is 0.675 bits per heavy atom. The molecule has 0 spiro atoms. The zero-order valence-electron chi connectivity index (χ0n) is 52.4. The van der Waals surface area contributed by atoms with Gasteiger partial charge in [-0.15, -0.1) is 0 Å². The second-order valence-corrected chi connectivity index (χ2v) is 20.2. The van der Waals surface area contributed by atoms with Crippen LogP contribution in [0.15, 0.2) is 219 Å². The van der Waals surface area contributed by atoms with E-state index < -0.39 is 6.10 Å². The average Bonchev–Trinajstić information content (AvgIpc) is 3.49. The first-order chi connectivity index (χ1) is 41.0. The molecule has 458 valence electrons. The summed E-state index contributed by atoms with van der Waals surface area (Å²) in [5, 5.41) is 0. The second kappa shape index (κ2) is 68.2. The molecule has 0 aromatic heterocycles. The number of rotatable bonds is 55. The minimum absolute atomic E-state index is 0.134. The van der Waals surface area contributed by atoms with E-state index in [0.717, 1.165) is 173 Å². The molecule has 6 nitrogen and oxygen atoms in total. The van der Waals surface area contributed by atoms with Gasteiger partial charge in [-0.25, -0.2) is 0 Å². The average molecular weight is 1140 g/mol. The van der Waals surface area contributed by atoms with Gasteiger partial charge in [0.15, 0.2) is 6.10 Å². The molecule has 0 heterocycles. The highest BCUT2D eigenvalue weighted by molar-refractivity contribution is 5.71. The Labute approximate surface area is 508 Å². The molecule has 0 saturated heterocycles. The number of unbranched alkanes of at least 4 members (excludes halogenated alkanes) is 8. The van der Waals surface area contributed by atoms with Crippen molar-refractivity contribution >= 4 is 17.9 Å². The van der Waals surface area contributed by atoms with Crippen LogP contribution in [0, 0.1) is 0 Å². The number of carbonyl (C=O) groups is 3. The SMILES string of the molecule is CC/C=C\C/C=C\C/C=C\C/C=C\C/C=C\C/C=C\C/C=C\C/C=C\CCCCC(=O)OCC(COC(=O)CCCCC/C=C\C/C=C\C/C=C\CC)OC(=O)CCCCC/C=C\C/C=C\C/C=C\C/C=C\C/C=C\C/C=C\C/C=C\CC. The van der Waals surface area contributed by atoms with Crippen LogP contribution in [0.5, 0.6) is 0 Å². The summed E-state index contributed by atoms with van der Waals surface area (Å²) < 4.78 is 16.8. The molecule has 0 saturated carbocycles. The summed E-state index contributed by atoms with van der Waals surface area (Å²) in [5.74, 6) is -1.05. The molecule has 0 bridgehead atoms. The Balaban J connectivity index is 4.57. The van der Waals surface area contributed by atoms with Gasteiger partial charge in [-0.3, -0.25) is 14.4 Å². The van der Waals surface area contributed by atoms with Crippen LogP contribution in [0.25, 0.3) is 0 Å². The topological polar surface area (TPSA) is 78.9 Å². The van der Waals surface area contributed by atoms with E-state index in [0.29, 0.717) is 19.3 Å². The first kappa shape index (κ1) is 76.7. The number of hydrogen-bond donors (Lipinski definition) is 0. The monoisotopic (exact) mass is 1130 g/mol. The highest BCUT2D eigenvalue weighted by atomic mass is 16.6. The van der Waals surface area contributed by atoms with Gasteiger partial charge in [0.1, 0.15) is 13.2 Å². The van der Waals surface area contributed by atoms with Crippen molar-refractivity contribution in [2.45, 2.75) is 232 Å². The van der Waals surface area contributed by atoms with E-state index in [9.17, 15) is 14.4 Å². The first-order valence-electron chi connectivity index (χ1n) is 32.2. The van der Waals surface area contributed by atoms with Gasteiger partial charge in [0.25, 0.3) is 0 Å². The first-order valence-corrected chi connectivity index (χ1v) is 32.2. The van der Waals surface area contributed by atoms with E-state index in [4.69, 9.17) is 14.2 Å². The molecule has 83 heavy (non-hydrogen) atoms. The van der Waals surface area contributed by atoms with Gasteiger partial charge < -0.3 is 14.2 Å². The van der Waals surface area contributed by atoms with Gasteiger partial charge in [0, 0.05) is 19.3 Å². The van der Waals surface area contributed by atoms with Crippen LogP contribution in [0.2, 0.25) is 0 Å². The van der Waals surface area contributed by atoms with Crippen molar-refractivity contribution in [3.8, 4) is 0 Å². The Morgan fingerprint density at radius 1 is 0.241 bits per heavy atom. The fraction of sp³-hybridized carbons (Fsp3) is 0.494. The third-order valence-corrected chi connectivity index (χ3v) is 12.5. The molecule has 1 unspecified atom stereocenters. The Morgan fingerprint density at radius 2 is 0.434 bits per heavy atom. The van der Waals surface area contributed by atoms with Crippen molar-refractivity contribution in [1.29, 1.82) is 0 Å². The Kier molecular flexibility index (Phi) is 63.1. The van der Waals surface area contributed by atoms with E-state index in [1.807, 2.05) is 0 Å². The molecule has 0 radical (unpaired) electrons. The molecule has 0 rings (SSSR count). The fourth-order valence-electron chi connectivity index (χ4n) is 7.74. The molecule has 0 amide bonds. The zero-order chi connectivity index (χ0) is 59.9. The summed E-state index contributed by atoms with van der Waals surface area (Å²) in [6, 6.07) is 0. The van der Waals surface area contributed by atoms with Crippen molar-refractivity contribution in [1.82, 2.24) is 0 Å². The maximum Gasteiger partial charge on any atom is 0.306 e. The fourth-order valence-corrected chi connectivity index (χ4v) is 7.74. The van der Waals surface area contributed by atoms with Crippen LogP contribution < -0.4 is 0 Å². The summed E-state index contributed by atoms with van der Waals surface area (Å²) in [6.07, 6.45) is 107. The maximum atomic E-state index is 12.9. The van der Waals surface area contributed by atoms with Crippen molar-refractivity contribution < 1.29 is 28.6 Å². The maximum absolute atomic E-state index is 12.9.